The van der Waals surface area contributed by atoms with Crippen LogP contribution in [0.4, 0.5) is 5.69 Å². The van der Waals surface area contributed by atoms with E-state index in [0.29, 0.717) is 0 Å². The van der Waals surface area contributed by atoms with E-state index in [1.807, 2.05) is 11.3 Å². The van der Waals surface area contributed by atoms with Crippen LogP contribution in [-0.4, -0.2) is 26.2 Å². The Kier molecular flexibility index (Phi) is 2.58. The highest BCUT2D eigenvalue weighted by molar-refractivity contribution is 7.19. The van der Waals surface area contributed by atoms with Crippen LogP contribution >= 0.6 is 11.3 Å². The summed E-state index contributed by atoms with van der Waals surface area (Å²) in [6.45, 7) is 6.62. The van der Waals surface area contributed by atoms with Crippen LogP contribution in [0.1, 0.15) is 4.88 Å². The minimum atomic E-state index is 1.10. The average Bonchev–Trinajstić information content (AvgIpc) is 2.70. The first-order valence-electron chi connectivity index (χ1n) is 5.79. The lowest BCUT2D eigenvalue weighted by atomic mass is 10.2. The molecule has 0 atom stereocenters. The molecule has 84 valence electrons. The Hall–Kier alpha value is -1.06. The fourth-order valence-electron chi connectivity index (χ4n) is 2.33. The van der Waals surface area contributed by atoms with Crippen molar-refractivity contribution in [1.82, 2.24) is 5.32 Å². The number of nitrogens with zero attached hydrogens (tertiary/aromatic N) is 1. The molecule has 2 heterocycles. The second-order valence-electron chi connectivity index (χ2n) is 4.29. The van der Waals surface area contributed by atoms with Crippen LogP contribution in [0.15, 0.2) is 24.3 Å². The van der Waals surface area contributed by atoms with Crippen LogP contribution in [0.5, 0.6) is 0 Å². The third-order valence-electron chi connectivity index (χ3n) is 3.10. The molecule has 1 saturated heterocycles. The molecule has 0 saturated carbocycles. The van der Waals surface area contributed by atoms with E-state index in [9.17, 15) is 0 Å². The molecule has 1 N–H and O–H groups in total. The second-order valence-corrected chi connectivity index (χ2v) is 5.55. The number of anilines is 1. The number of aryl methyl sites for hydroxylation is 1. The topological polar surface area (TPSA) is 15.3 Å². The summed E-state index contributed by atoms with van der Waals surface area (Å²) in [5.74, 6) is 0. The number of piperazine rings is 1. The van der Waals surface area contributed by atoms with Crippen molar-refractivity contribution in [2.75, 3.05) is 31.1 Å². The molecule has 0 unspecified atom stereocenters. The lowest BCUT2D eigenvalue weighted by Crippen LogP contribution is -2.43. The molecule has 2 aromatic rings. The SMILES string of the molecule is Cc1cc2cccc(N3CCNCC3)c2s1. The summed E-state index contributed by atoms with van der Waals surface area (Å²) >= 11 is 1.91. The zero-order valence-electron chi connectivity index (χ0n) is 9.49. The Balaban J connectivity index is 2.07. The summed E-state index contributed by atoms with van der Waals surface area (Å²) in [6.07, 6.45) is 0. The monoisotopic (exact) mass is 232 g/mol. The van der Waals surface area contributed by atoms with Crippen molar-refractivity contribution in [2.45, 2.75) is 6.92 Å². The van der Waals surface area contributed by atoms with Gasteiger partial charge in [-0.3, -0.25) is 0 Å². The van der Waals surface area contributed by atoms with Crippen molar-refractivity contribution in [3.8, 4) is 0 Å². The molecule has 3 heteroatoms. The standard InChI is InChI=1S/C13H16N2S/c1-10-9-11-3-2-4-12(13(11)16-10)15-7-5-14-6-8-15/h2-4,9,14H,5-8H2,1H3. The zero-order chi connectivity index (χ0) is 11.0. The fraction of sp³-hybridized carbons (Fsp3) is 0.385. The highest BCUT2D eigenvalue weighted by Crippen LogP contribution is 2.33. The van der Waals surface area contributed by atoms with Gasteiger partial charge in [-0.2, -0.15) is 0 Å². The Bertz CT molecular complexity index is 498. The van der Waals surface area contributed by atoms with E-state index in [1.54, 1.807) is 0 Å². The molecular formula is C13H16N2S. The van der Waals surface area contributed by atoms with Crippen molar-refractivity contribution < 1.29 is 0 Å². The van der Waals surface area contributed by atoms with Gasteiger partial charge in [-0.15, -0.1) is 11.3 Å². The molecule has 3 rings (SSSR count). The number of nitrogens with one attached hydrogen (secondary N) is 1. The van der Waals surface area contributed by atoms with Gasteiger partial charge in [-0.05, 0) is 24.4 Å². The predicted molar refractivity (Wildman–Crippen MR) is 71.6 cm³/mol. The van der Waals surface area contributed by atoms with Gasteiger partial charge in [0.15, 0.2) is 0 Å². The quantitative estimate of drug-likeness (QED) is 0.813. The average molecular weight is 232 g/mol. The van der Waals surface area contributed by atoms with Gasteiger partial charge in [0.25, 0.3) is 0 Å². The van der Waals surface area contributed by atoms with Gasteiger partial charge in [-0.25, -0.2) is 0 Å². The summed E-state index contributed by atoms with van der Waals surface area (Å²) < 4.78 is 1.45. The molecule has 1 aromatic heterocycles. The van der Waals surface area contributed by atoms with Gasteiger partial charge >= 0.3 is 0 Å². The van der Waals surface area contributed by atoms with E-state index in [-0.39, 0.29) is 0 Å². The minimum Gasteiger partial charge on any atom is -0.368 e. The number of hydrogen-bond donors (Lipinski definition) is 1. The summed E-state index contributed by atoms with van der Waals surface area (Å²) in [7, 11) is 0. The summed E-state index contributed by atoms with van der Waals surface area (Å²) in [4.78, 5) is 3.90. The maximum Gasteiger partial charge on any atom is 0.0579 e. The fourth-order valence-corrected chi connectivity index (χ4v) is 3.39. The molecule has 1 aliphatic heterocycles. The molecule has 0 aliphatic carbocycles. The normalized spacial score (nSPS) is 16.9. The highest BCUT2D eigenvalue weighted by atomic mass is 32.1. The first kappa shape index (κ1) is 10.1. The largest absolute Gasteiger partial charge is 0.368 e. The maximum absolute atomic E-state index is 3.40. The molecule has 0 amide bonds. The van der Waals surface area contributed by atoms with Gasteiger partial charge < -0.3 is 10.2 Å². The molecule has 0 bridgehead atoms. The van der Waals surface area contributed by atoms with E-state index >= 15 is 0 Å². The smallest absolute Gasteiger partial charge is 0.0579 e. The van der Waals surface area contributed by atoms with Gasteiger partial charge in [0.05, 0.1) is 10.4 Å². The molecule has 0 radical (unpaired) electrons. The summed E-state index contributed by atoms with van der Waals surface area (Å²) in [5, 5.41) is 4.79. The van der Waals surface area contributed by atoms with Crippen molar-refractivity contribution in [1.29, 1.82) is 0 Å². The van der Waals surface area contributed by atoms with Crippen LogP contribution < -0.4 is 10.2 Å². The van der Waals surface area contributed by atoms with Gasteiger partial charge in [0, 0.05) is 31.1 Å². The molecule has 1 aliphatic rings. The molecule has 0 spiro atoms. The van der Waals surface area contributed by atoms with Gasteiger partial charge in [0.2, 0.25) is 0 Å². The third-order valence-corrected chi connectivity index (χ3v) is 4.19. The number of thiophene rings is 1. The zero-order valence-corrected chi connectivity index (χ0v) is 10.3. The Morgan fingerprint density at radius 2 is 2.06 bits per heavy atom. The van der Waals surface area contributed by atoms with E-state index in [4.69, 9.17) is 0 Å². The lowest BCUT2D eigenvalue weighted by molar-refractivity contribution is 0.590. The van der Waals surface area contributed by atoms with Crippen molar-refractivity contribution in [3.63, 3.8) is 0 Å². The Labute approximate surface area is 99.9 Å². The Morgan fingerprint density at radius 1 is 1.25 bits per heavy atom. The summed E-state index contributed by atoms with van der Waals surface area (Å²) in [5.41, 5.74) is 1.41. The summed E-state index contributed by atoms with van der Waals surface area (Å²) in [6, 6.07) is 8.92. The van der Waals surface area contributed by atoms with Crippen LogP contribution in [0.25, 0.3) is 10.1 Å². The van der Waals surface area contributed by atoms with Gasteiger partial charge in [-0.1, -0.05) is 12.1 Å². The maximum atomic E-state index is 3.40. The molecular weight excluding hydrogens is 216 g/mol. The molecule has 2 nitrogen and oxygen atoms in total. The first-order chi connectivity index (χ1) is 7.84. The van der Waals surface area contributed by atoms with Crippen molar-refractivity contribution in [2.24, 2.45) is 0 Å². The first-order valence-corrected chi connectivity index (χ1v) is 6.61. The van der Waals surface area contributed by atoms with E-state index < -0.39 is 0 Å². The molecule has 1 aromatic carbocycles. The van der Waals surface area contributed by atoms with Crippen molar-refractivity contribution in [3.05, 3.63) is 29.1 Å². The number of benzene rings is 1. The third kappa shape index (κ3) is 1.70. The number of rotatable bonds is 1. The van der Waals surface area contributed by atoms with Crippen LogP contribution in [-0.2, 0) is 0 Å². The van der Waals surface area contributed by atoms with Crippen molar-refractivity contribution >= 4 is 27.1 Å². The minimum absolute atomic E-state index is 1.10. The van der Waals surface area contributed by atoms with E-state index in [2.05, 4.69) is 41.4 Å². The molecule has 16 heavy (non-hydrogen) atoms. The van der Waals surface area contributed by atoms with E-state index in [0.717, 1.165) is 26.2 Å². The van der Waals surface area contributed by atoms with Crippen LogP contribution in [0.2, 0.25) is 0 Å². The molecule has 1 fully saturated rings. The Morgan fingerprint density at radius 3 is 2.88 bits per heavy atom. The van der Waals surface area contributed by atoms with Gasteiger partial charge in [0.1, 0.15) is 0 Å². The van der Waals surface area contributed by atoms with Crippen LogP contribution in [0, 0.1) is 6.92 Å². The lowest BCUT2D eigenvalue weighted by Gasteiger charge is -2.29. The highest BCUT2D eigenvalue weighted by Gasteiger charge is 2.13. The predicted octanol–water partition coefficient (Wildman–Crippen LogP) is 2.62. The van der Waals surface area contributed by atoms with E-state index in [1.165, 1.54) is 20.7 Å². The second kappa shape index (κ2) is 4.07. The number of fused-ring (bicyclic) bond motifs is 1. The van der Waals surface area contributed by atoms with Crippen LogP contribution in [0.3, 0.4) is 0 Å². The number of hydrogen-bond acceptors (Lipinski definition) is 3.